The number of halogens is 1. The normalized spacial score (nSPS) is 13.5. The van der Waals surface area contributed by atoms with Crippen LogP contribution in [0.25, 0.3) is 5.57 Å². The van der Waals surface area contributed by atoms with Gasteiger partial charge >= 0.3 is 0 Å². The molecular weight excluding hydrogens is 450 g/mol. The summed E-state index contributed by atoms with van der Waals surface area (Å²) in [7, 11) is 1.51. The fraction of sp³-hybridized carbons (Fsp3) is 0.0870. The Labute approximate surface area is 193 Å². The van der Waals surface area contributed by atoms with Gasteiger partial charge in [-0.1, -0.05) is 17.7 Å². The number of amides is 3. The van der Waals surface area contributed by atoms with Crippen LogP contribution in [0.3, 0.4) is 0 Å². The van der Waals surface area contributed by atoms with Gasteiger partial charge in [0.15, 0.2) is 0 Å². The molecule has 0 bridgehead atoms. The summed E-state index contributed by atoms with van der Waals surface area (Å²) in [6.45, 7) is 1.40. The van der Waals surface area contributed by atoms with Crippen LogP contribution in [0.2, 0.25) is 5.02 Å². The van der Waals surface area contributed by atoms with Crippen molar-refractivity contribution in [3.8, 4) is 5.75 Å². The summed E-state index contributed by atoms with van der Waals surface area (Å²) >= 11 is 7.49. The summed E-state index contributed by atoms with van der Waals surface area (Å²) < 4.78 is 5.37. The SMILES string of the molecule is COc1ccc(Cl)cc1NC1=C(c2cccs2)C(=O)N(c2ccc(NC(C)=O)cc2)C1=O. The average molecular weight is 468 g/mol. The highest BCUT2D eigenvalue weighted by molar-refractivity contribution is 7.11. The second-order valence-electron chi connectivity index (χ2n) is 6.87. The molecule has 4 rings (SSSR count). The van der Waals surface area contributed by atoms with Crippen molar-refractivity contribution in [2.75, 3.05) is 22.6 Å². The molecule has 1 aliphatic rings. The van der Waals surface area contributed by atoms with Gasteiger partial charge in [0.1, 0.15) is 11.4 Å². The second-order valence-corrected chi connectivity index (χ2v) is 8.25. The number of ether oxygens (including phenoxy) is 1. The molecule has 7 nitrogen and oxygen atoms in total. The first-order valence-corrected chi connectivity index (χ1v) is 10.8. The number of nitrogens with one attached hydrogen (secondary N) is 2. The molecular formula is C23H18ClN3O4S. The minimum Gasteiger partial charge on any atom is -0.495 e. The van der Waals surface area contributed by atoms with Crippen molar-refractivity contribution < 1.29 is 19.1 Å². The van der Waals surface area contributed by atoms with Crippen molar-refractivity contribution in [2.45, 2.75) is 6.92 Å². The molecule has 1 aromatic heterocycles. The zero-order valence-corrected chi connectivity index (χ0v) is 18.7. The van der Waals surface area contributed by atoms with Crippen LogP contribution in [0.5, 0.6) is 5.75 Å². The highest BCUT2D eigenvalue weighted by atomic mass is 35.5. The van der Waals surface area contributed by atoms with Gasteiger partial charge in [0.2, 0.25) is 5.91 Å². The molecule has 9 heteroatoms. The Hall–Kier alpha value is -3.62. The van der Waals surface area contributed by atoms with Crippen LogP contribution in [0.1, 0.15) is 11.8 Å². The molecule has 0 atom stereocenters. The smallest absolute Gasteiger partial charge is 0.282 e. The molecule has 3 amide bonds. The van der Waals surface area contributed by atoms with Gasteiger partial charge < -0.3 is 15.4 Å². The fourth-order valence-corrected chi connectivity index (χ4v) is 4.28. The van der Waals surface area contributed by atoms with Crippen LogP contribution < -0.4 is 20.3 Å². The highest BCUT2D eigenvalue weighted by Gasteiger charge is 2.41. The van der Waals surface area contributed by atoms with Gasteiger partial charge in [-0.25, -0.2) is 4.90 Å². The molecule has 0 radical (unpaired) electrons. The zero-order valence-electron chi connectivity index (χ0n) is 17.1. The van der Waals surface area contributed by atoms with Gasteiger partial charge in [-0.15, -0.1) is 11.3 Å². The standard InChI is InChI=1S/C23H18ClN3O4S/c1-13(28)25-15-6-8-16(9-7-15)27-22(29)20(19-4-3-11-32-19)21(23(27)30)26-17-12-14(24)5-10-18(17)31-2/h3-12,26H,1-2H3,(H,25,28). The van der Waals surface area contributed by atoms with Crippen molar-refractivity contribution in [3.05, 3.63) is 75.6 Å². The first kappa shape index (κ1) is 21.6. The van der Waals surface area contributed by atoms with Crippen molar-refractivity contribution in [3.63, 3.8) is 0 Å². The molecule has 1 aliphatic heterocycles. The van der Waals surface area contributed by atoms with E-state index in [1.807, 2.05) is 11.4 Å². The zero-order chi connectivity index (χ0) is 22.8. The Balaban J connectivity index is 1.75. The summed E-state index contributed by atoms with van der Waals surface area (Å²) in [6, 6.07) is 15.0. The van der Waals surface area contributed by atoms with Gasteiger partial charge in [0.25, 0.3) is 11.8 Å². The predicted octanol–water partition coefficient (Wildman–Crippen LogP) is 4.77. The molecule has 3 aromatic rings. The van der Waals surface area contributed by atoms with Gasteiger partial charge in [-0.3, -0.25) is 14.4 Å². The van der Waals surface area contributed by atoms with Crippen LogP contribution in [-0.2, 0) is 14.4 Å². The van der Waals surface area contributed by atoms with E-state index in [9.17, 15) is 14.4 Å². The summed E-state index contributed by atoms with van der Waals surface area (Å²) in [5.74, 6) is -0.693. The van der Waals surface area contributed by atoms with E-state index < -0.39 is 11.8 Å². The molecule has 0 spiro atoms. The lowest BCUT2D eigenvalue weighted by Gasteiger charge is -2.16. The molecule has 0 unspecified atom stereocenters. The van der Waals surface area contributed by atoms with Gasteiger partial charge in [0.05, 0.1) is 24.1 Å². The van der Waals surface area contributed by atoms with Crippen molar-refractivity contribution in [2.24, 2.45) is 0 Å². The van der Waals surface area contributed by atoms with E-state index in [-0.39, 0.29) is 17.2 Å². The average Bonchev–Trinajstić information content (AvgIpc) is 3.36. The van der Waals surface area contributed by atoms with E-state index in [4.69, 9.17) is 16.3 Å². The Morgan fingerprint density at radius 1 is 1.06 bits per heavy atom. The Morgan fingerprint density at radius 3 is 2.44 bits per heavy atom. The maximum Gasteiger partial charge on any atom is 0.282 e. The lowest BCUT2D eigenvalue weighted by Crippen LogP contribution is -2.32. The quantitative estimate of drug-likeness (QED) is 0.510. The van der Waals surface area contributed by atoms with Crippen molar-refractivity contribution in [1.82, 2.24) is 0 Å². The minimum absolute atomic E-state index is 0.129. The number of carbonyl (C=O) groups excluding carboxylic acids is 3. The van der Waals surface area contributed by atoms with Crippen molar-refractivity contribution in [1.29, 1.82) is 0 Å². The summed E-state index contributed by atoms with van der Waals surface area (Å²) in [4.78, 5) is 39.8. The number of hydrogen-bond acceptors (Lipinski definition) is 6. The molecule has 0 fully saturated rings. The van der Waals surface area contributed by atoms with E-state index >= 15 is 0 Å². The Morgan fingerprint density at radius 2 is 1.81 bits per heavy atom. The molecule has 2 aromatic carbocycles. The fourth-order valence-electron chi connectivity index (χ4n) is 3.34. The topological polar surface area (TPSA) is 87.7 Å². The van der Waals surface area contributed by atoms with Crippen LogP contribution >= 0.6 is 22.9 Å². The summed E-state index contributed by atoms with van der Waals surface area (Å²) in [5, 5.41) is 8.01. The third-order valence-electron chi connectivity index (χ3n) is 4.72. The monoisotopic (exact) mass is 467 g/mol. The first-order chi connectivity index (χ1) is 15.4. The number of nitrogens with zero attached hydrogens (tertiary/aromatic N) is 1. The number of anilines is 3. The van der Waals surface area contributed by atoms with Gasteiger partial charge in [-0.05, 0) is 53.9 Å². The van der Waals surface area contributed by atoms with E-state index in [0.717, 1.165) is 4.90 Å². The molecule has 0 saturated carbocycles. The van der Waals surface area contributed by atoms with Crippen LogP contribution in [-0.4, -0.2) is 24.8 Å². The highest BCUT2D eigenvalue weighted by Crippen LogP contribution is 2.38. The van der Waals surface area contributed by atoms with Gasteiger partial charge in [0, 0.05) is 22.5 Å². The van der Waals surface area contributed by atoms with E-state index in [0.29, 0.717) is 32.7 Å². The largest absolute Gasteiger partial charge is 0.495 e. The number of methoxy groups -OCH3 is 1. The van der Waals surface area contributed by atoms with Crippen molar-refractivity contribution >= 4 is 63.3 Å². The van der Waals surface area contributed by atoms with E-state index in [2.05, 4.69) is 10.6 Å². The number of carbonyl (C=O) groups is 3. The lowest BCUT2D eigenvalue weighted by atomic mass is 10.1. The number of rotatable bonds is 6. The van der Waals surface area contributed by atoms with Crippen LogP contribution in [0, 0.1) is 0 Å². The molecule has 162 valence electrons. The number of benzene rings is 2. The maximum atomic E-state index is 13.4. The summed E-state index contributed by atoms with van der Waals surface area (Å²) in [6.07, 6.45) is 0. The predicted molar refractivity (Wildman–Crippen MR) is 126 cm³/mol. The molecule has 0 saturated heterocycles. The Bertz CT molecular complexity index is 1240. The molecule has 0 aliphatic carbocycles. The maximum absolute atomic E-state index is 13.4. The first-order valence-electron chi connectivity index (χ1n) is 9.54. The minimum atomic E-state index is -0.507. The lowest BCUT2D eigenvalue weighted by molar-refractivity contribution is -0.120. The molecule has 2 heterocycles. The number of hydrogen-bond donors (Lipinski definition) is 2. The van der Waals surface area contributed by atoms with Crippen LogP contribution in [0.15, 0.2) is 65.7 Å². The van der Waals surface area contributed by atoms with Crippen LogP contribution in [0.4, 0.5) is 17.1 Å². The van der Waals surface area contributed by atoms with Gasteiger partial charge in [-0.2, -0.15) is 0 Å². The molecule has 2 N–H and O–H groups in total. The number of imide groups is 1. The second kappa shape index (κ2) is 8.86. The Kier molecular flexibility index (Phi) is 5.98. The third-order valence-corrected chi connectivity index (χ3v) is 5.84. The molecule has 32 heavy (non-hydrogen) atoms. The third kappa shape index (κ3) is 4.10. The van der Waals surface area contributed by atoms with E-state index in [1.54, 1.807) is 48.5 Å². The van der Waals surface area contributed by atoms with E-state index in [1.165, 1.54) is 25.4 Å². The number of thiophene rings is 1. The summed E-state index contributed by atoms with van der Waals surface area (Å²) in [5.41, 5.74) is 1.81.